The van der Waals surface area contributed by atoms with Gasteiger partial charge in [0.25, 0.3) is 0 Å². The third kappa shape index (κ3) is 3.91. The standard InChI is InChI=1S/C17H25N3O2S/c1-2-12-6-3-4-7-14(12)19-15(21)10-13-11-23-17(18-13)20-9-5-8-16(20)22/h11-12,14H,2-10H2,1H3,(H,19,21)/t12-,14+/m0/s1. The monoisotopic (exact) mass is 335 g/mol. The third-order valence-corrected chi connectivity index (χ3v) is 5.88. The number of aromatic nitrogens is 1. The van der Waals surface area contributed by atoms with Crippen LogP contribution in [0.2, 0.25) is 0 Å². The lowest BCUT2D eigenvalue weighted by atomic mass is 9.83. The van der Waals surface area contributed by atoms with Gasteiger partial charge in [-0.3, -0.25) is 14.5 Å². The SMILES string of the molecule is CC[C@H]1CCCC[C@H]1NC(=O)Cc1csc(N2CCCC2=O)n1. The summed E-state index contributed by atoms with van der Waals surface area (Å²) < 4.78 is 0. The van der Waals surface area contributed by atoms with Crippen LogP contribution < -0.4 is 10.2 Å². The Morgan fingerprint density at radius 3 is 2.96 bits per heavy atom. The molecule has 6 heteroatoms. The fourth-order valence-corrected chi connectivity index (χ4v) is 4.53. The second-order valence-electron chi connectivity index (χ2n) is 6.57. The van der Waals surface area contributed by atoms with Crippen molar-refractivity contribution in [2.24, 2.45) is 5.92 Å². The molecule has 2 heterocycles. The molecule has 0 unspecified atom stereocenters. The molecule has 1 N–H and O–H groups in total. The molecule has 5 nitrogen and oxygen atoms in total. The van der Waals surface area contributed by atoms with E-state index in [2.05, 4.69) is 17.2 Å². The molecule has 3 rings (SSSR count). The minimum Gasteiger partial charge on any atom is -0.353 e. The average Bonchev–Trinajstić information content (AvgIpc) is 3.16. The van der Waals surface area contributed by atoms with E-state index in [0.29, 0.717) is 24.8 Å². The predicted octanol–water partition coefficient (Wildman–Crippen LogP) is 2.90. The maximum absolute atomic E-state index is 12.3. The van der Waals surface area contributed by atoms with Crippen molar-refractivity contribution in [2.75, 3.05) is 11.4 Å². The van der Waals surface area contributed by atoms with E-state index in [1.165, 1.54) is 30.6 Å². The van der Waals surface area contributed by atoms with E-state index in [1.807, 2.05) is 5.38 Å². The van der Waals surface area contributed by atoms with Crippen LogP contribution in [0, 0.1) is 5.92 Å². The van der Waals surface area contributed by atoms with Crippen LogP contribution in [0.25, 0.3) is 0 Å². The molecule has 1 saturated heterocycles. The van der Waals surface area contributed by atoms with Gasteiger partial charge in [0.05, 0.1) is 12.1 Å². The normalized spacial score (nSPS) is 24.9. The number of thiazole rings is 1. The molecule has 2 amide bonds. The molecule has 0 aromatic carbocycles. The highest BCUT2D eigenvalue weighted by molar-refractivity contribution is 7.14. The minimum atomic E-state index is 0.0555. The lowest BCUT2D eigenvalue weighted by Crippen LogP contribution is -2.42. The Labute approximate surface area is 141 Å². The summed E-state index contributed by atoms with van der Waals surface area (Å²) in [5.74, 6) is 0.809. The maximum Gasteiger partial charge on any atom is 0.228 e. The van der Waals surface area contributed by atoms with Gasteiger partial charge in [0.2, 0.25) is 11.8 Å². The van der Waals surface area contributed by atoms with E-state index in [-0.39, 0.29) is 11.8 Å². The Bertz CT molecular complexity index is 572. The Kier molecular flexibility index (Phi) is 5.30. The number of nitrogens with zero attached hydrogens (tertiary/aromatic N) is 2. The van der Waals surface area contributed by atoms with Crippen molar-refractivity contribution in [3.8, 4) is 0 Å². The first-order chi connectivity index (χ1) is 11.2. The molecular weight excluding hydrogens is 310 g/mol. The highest BCUT2D eigenvalue weighted by Gasteiger charge is 2.26. The molecule has 1 aliphatic heterocycles. The second kappa shape index (κ2) is 7.43. The van der Waals surface area contributed by atoms with Crippen molar-refractivity contribution in [1.82, 2.24) is 10.3 Å². The first-order valence-electron chi connectivity index (χ1n) is 8.71. The van der Waals surface area contributed by atoms with Crippen LogP contribution in [0.3, 0.4) is 0 Å². The van der Waals surface area contributed by atoms with E-state index < -0.39 is 0 Å². The Hall–Kier alpha value is -1.43. The lowest BCUT2D eigenvalue weighted by Gasteiger charge is -2.31. The van der Waals surface area contributed by atoms with E-state index in [0.717, 1.165) is 36.6 Å². The summed E-state index contributed by atoms with van der Waals surface area (Å²) in [4.78, 5) is 30.3. The molecule has 1 aromatic heterocycles. The van der Waals surface area contributed by atoms with E-state index in [4.69, 9.17) is 0 Å². The van der Waals surface area contributed by atoms with Gasteiger partial charge in [-0.15, -0.1) is 11.3 Å². The molecule has 2 atom stereocenters. The molecular formula is C17H25N3O2S. The zero-order chi connectivity index (χ0) is 16.2. The highest BCUT2D eigenvalue weighted by Crippen LogP contribution is 2.27. The van der Waals surface area contributed by atoms with Gasteiger partial charge < -0.3 is 5.32 Å². The number of hydrogen-bond donors (Lipinski definition) is 1. The van der Waals surface area contributed by atoms with Gasteiger partial charge >= 0.3 is 0 Å². The van der Waals surface area contributed by atoms with Gasteiger partial charge in [-0.1, -0.05) is 26.2 Å². The van der Waals surface area contributed by atoms with Crippen LogP contribution in [0.15, 0.2) is 5.38 Å². The average molecular weight is 335 g/mol. The summed E-state index contributed by atoms with van der Waals surface area (Å²) in [5, 5.41) is 5.84. The molecule has 2 fully saturated rings. The van der Waals surface area contributed by atoms with Crippen LogP contribution in [-0.4, -0.2) is 29.4 Å². The molecule has 0 spiro atoms. The molecule has 0 bridgehead atoms. The van der Waals surface area contributed by atoms with Crippen molar-refractivity contribution < 1.29 is 9.59 Å². The van der Waals surface area contributed by atoms with E-state index in [9.17, 15) is 9.59 Å². The van der Waals surface area contributed by atoms with Gasteiger partial charge in [-0.2, -0.15) is 0 Å². The molecule has 0 radical (unpaired) electrons. The predicted molar refractivity (Wildman–Crippen MR) is 91.6 cm³/mol. The number of nitrogens with one attached hydrogen (secondary N) is 1. The van der Waals surface area contributed by atoms with Crippen LogP contribution in [0.1, 0.15) is 57.6 Å². The number of rotatable bonds is 5. The third-order valence-electron chi connectivity index (χ3n) is 4.97. The summed E-state index contributed by atoms with van der Waals surface area (Å²) >= 11 is 1.46. The molecule has 1 aromatic rings. The summed E-state index contributed by atoms with van der Waals surface area (Å²) in [6.45, 7) is 2.95. The highest BCUT2D eigenvalue weighted by atomic mass is 32.1. The van der Waals surface area contributed by atoms with Crippen molar-refractivity contribution in [3.63, 3.8) is 0 Å². The van der Waals surface area contributed by atoms with Crippen LogP contribution in [-0.2, 0) is 16.0 Å². The van der Waals surface area contributed by atoms with E-state index in [1.54, 1.807) is 4.90 Å². The smallest absolute Gasteiger partial charge is 0.228 e. The largest absolute Gasteiger partial charge is 0.353 e. The Balaban J connectivity index is 1.55. The summed E-state index contributed by atoms with van der Waals surface area (Å²) in [5.41, 5.74) is 0.769. The summed E-state index contributed by atoms with van der Waals surface area (Å²) in [7, 11) is 0. The zero-order valence-electron chi connectivity index (χ0n) is 13.7. The van der Waals surface area contributed by atoms with Gasteiger partial charge in [0.15, 0.2) is 5.13 Å². The summed E-state index contributed by atoms with van der Waals surface area (Å²) in [6.07, 6.45) is 7.75. The second-order valence-corrected chi connectivity index (χ2v) is 7.41. The number of carbonyl (C=O) groups is 2. The van der Waals surface area contributed by atoms with Gasteiger partial charge in [0, 0.05) is 24.4 Å². The fraction of sp³-hybridized carbons (Fsp3) is 0.706. The first kappa shape index (κ1) is 16.4. The van der Waals surface area contributed by atoms with Crippen molar-refractivity contribution in [2.45, 2.75) is 64.3 Å². The van der Waals surface area contributed by atoms with Crippen molar-refractivity contribution in [1.29, 1.82) is 0 Å². The Morgan fingerprint density at radius 1 is 1.39 bits per heavy atom. The van der Waals surface area contributed by atoms with E-state index >= 15 is 0 Å². The zero-order valence-corrected chi connectivity index (χ0v) is 14.5. The number of anilines is 1. The van der Waals surface area contributed by atoms with Crippen molar-refractivity contribution >= 4 is 28.3 Å². The van der Waals surface area contributed by atoms with Gasteiger partial charge in [0.1, 0.15) is 0 Å². The van der Waals surface area contributed by atoms with Crippen LogP contribution in [0.5, 0.6) is 0 Å². The fourth-order valence-electron chi connectivity index (χ4n) is 3.66. The number of hydrogen-bond acceptors (Lipinski definition) is 4. The topological polar surface area (TPSA) is 62.3 Å². The molecule has 1 saturated carbocycles. The Morgan fingerprint density at radius 2 is 2.22 bits per heavy atom. The molecule has 2 aliphatic rings. The van der Waals surface area contributed by atoms with Gasteiger partial charge in [-0.25, -0.2) is 4.98 Å². The molecule has 23 heavy (non-hydrogen) atoms. The number of amides is 2. The lowest BCUT2D eigenvalue weighted by molar-refractivity contribution is -0.121. The number of carbonyl (C=O) groups excluding carboxylic acids is 2. The molecule has 1 aliphatic carbocycles. The van der Waals surface area contributed by atoms with Crippen molar-refractivity contribution in [3.05, 3.63) is 11.1 Å². The quantitative estimate of drug-likeness (QED) is 0.900. The molecule has 126 valence electrons. The first-order valence-corrected chi connectivity index (χ1v) is 9.59. The van der Waals surface area contributed by atoms with Crippen LogP contribution >= 0.6 is 11.3 Å². The maximum atomic E-state index is 12.3. The van der Waals surface area contributed by atoms with Crippen LogP contribution in [0.4, 0.5) is 5.13 Å². The summed E-state index contributed by atoms with van der Waals surface area (Å²) in [6, 6.07) is 0.319. The van der Waals surface area contributed by atoms with Gasteiger partial charge in [-0.05, 0) is 25.2 Å². The minimum absolute atomic E-state index is 0.0555.